The van der Waals surface area contributed by atoms with Crippen LogP contribution in [0.2, 0.25) is 0 Å². The number of nitrogens with one attached hydrogen (secondary N) is 2. The van der Waals surface area contributed by atoms with E-state index in [1.165, 1.54) is 0 Å². The van der Waals surface area contributed by atoms with Crippen molar-refractivity contribution < 1.29 is 4.79 Å². The Bertz CT molecular complexity index is 523. The quantitative estimate of drug-likeness (QED) is 0.870. The number of halogens is 1. The van der Waals surface area contributed by atoms with Gasteiger partial charge in [0.15, 0.2) is 0 Å². The van der Waals surface area contributed by atoms with Crippen molar-refractivity contribution in [2.75, 3.05) is 29.9 Å². The molecule has 0 spiro atoms. The molecule has 108 valence electrons. The highest BCUT2D eigenvalue weighted by atomic mass is 79.9. The predicted molar refractivity (Wildman–Crippen MR) is 80.8 cm³/mol. The minimum atomic E-state index is 0.0909. The highest BCUT2D eigenvalue weighted by Gasteiger charge is 2.41. The summed E-state index contributed by atoms with van der Waals surface area (Å²) >= 11 is 3.53. The average molecular weight is 340 g/mol. The maximum absolute atomic E-state index is 11.8. The molecule has 0 aliphatic carbocycles. The molecule has 7 heteroatoms. The van der Waals surface area contributed by atoms with Crippen LogP contribution < -0.4 is 15.5 Å². The summed E-state index contributed by atoms with van der Waals surface area (Å²) in [5.74, 6) is 1.78. The van der Waals surface area contributed by atoms with Gasteiger partial charge in [0.25, 0.3) is 0 Å². The Morgan fingerprint density at radius 2 is 2.45 bits per heavy atom. The number of carbonyl (C=O) groups excluding carboxylic acids is 1. The van der Waals surface area contributed by atoms with Crippen molar-refractivity contribution in [1.29, 1.82) is 0 Å². The van der Waals surface area contributed by atoms with Crippen molar-refractivity contribution in [2.45, 2.75) is 25.8 Å². The van der Waals surface area contributed by atoms with Crippen LogP contribution in [0.25, 0.3) is 0 Å². The van der Waals surface area contributed by atoms with Crippen molar-refractivity contribution in [3.63, 3.8) is 0 Å². The molecule has 6 nitrogen and oxygen atoms in total. The monoisotopic (exact) mass is 339 g/mol. The Morgan fingerprint density at radius 1 is 1.60 bits per heavy atom. The molecular formula is C13H18BrN5O. The maximum Gasteiger partial charge on any atom is 0.225 e. The fourth-order valence-corrected chi connectivity index (χ4v) is 3.44. The number of hydrogen-bond acceptors (Lipinski definition) is 5. The number of amides is 1. The van der Waals surface area contributed by atoms with E-state index in [2.05, 4.69) is 41.4 Å². The number of rotatable bonds is 3. The fraction of sp³-hybridized carbons (Fsp3) is 0.615. The van der Waals surface area contributed by atoms with Gasteiger partial charge in [-0.3, -0.25) is 4.79 Å². The topological polar surface area (TPSA) is 70.2 Å². The molecule has 2 aliphatic rings. The Hall–Kier alpha value is -1.37. The van der Waals surface area contributed by atoms with Crippen molar-refractivity contribution >= 4 is 33.6 Å². The van der Waals surface area contributed by atoms with Gasteiger partial charge in [0.2, 0.25) is 11.9 Å². The summed E-state index contributed by atoms with van der Waals surface area (Å²) in [7, 11) is 0. The van der Waals surface area contributed by atoms with E-state index in [0.29, 0.717) is 12.5 Å². The molecule has 1 amide bonds. The third-order valence-electron chi connectivity index (χ3n) is 3.93. The summed E-state index contributed by atoms with van der Waals surface area (Å²) < 4.78 is 0.874. The zero-order chi connectivity index (χ0) is 14.1. The standard InChI is InChI=1S/C13H18BrN5O/c1-2-15-13-17-6-9(14)11(18-13)19-5-3-4-8-10(19)7-16-12(8)20/h6,8,10H,2-5,7H2,1H3,(H,16,20)(H,15,17,18). The predicted octanol–water partition coefficient (Wildman–Crippen LogP) is 1.39. The van der Waals surface area contributed by atoms with Crippen LogP contribution in [-0.4, -0.2) is 41.6 Å². The van der Waals surface area contributed by atoms with Gasteiger partial charge in [-0.2, -0.15) is 4.98 Å². The molecule has 2 N–H and O–H groups in total. The summed E-state index contributed by atoms with van der Waals surface area (Å²) in [6.45, 7) is 4.43. The van der Waals surface area contributed by atoms with Crippen molar-refractivity contribution in [1.82, 2.24) is 15.3 Å². The van der Waals surface area contributed by atoms with E-state index in [1.807, 2.05) is 6.92 Å². The van der Waals surface area contributed by atoms with E-state index in [4.69, 9.17) is 0 Å². The summed E-state index contributed by atoms with van der Waals surface area (Å²) in [5, 5.41) is 6.10. The first kappa shape index (κ1) is 13.6. The molecule has 3 heterocycles. The number of piperidine rings is 1. The van der Waals surface area contributed by atoms with E-state index < -0.39 is 0 Å². The molecule has 2 atom stereocenters. The molecule has 2 aliphatic heterocycles. The Labute approximate surface area is 126 Å². The normalized spacial score (nSPS) is 25.3. The van der Waals surface area contributed by atoms with Crippen molar-refractivity contribution in [2.24, 2.45) is 5.92 Å². The number of nitrogens with zero attached hydrogens (tertiary/aromatic N) is 3. The van der Waals surface area contributed by atoms with Gasteiger partial charge in [-0.25, -0.2) is 4.98 Å². The van der Waals surface area contributed by atoms with Gasteiger partial charge >= 0.3 is 0 Å². The smallest absolute Gasteiger partial charge is 0.225 e. The zero-order valence-corrected chi connectivity index (χ0v) is 13.0. The van der Waals surface area contributed by atoms with Crippen LogP contribution in [0.1, 0.15) is 19.8 Å². The second-order valence-corrected chi connectivity index (χ2v) is 6.00. The summed E-state index contributed by atoms with van der Waals surface area (Å²) in [6.07, 6.45) is 3.76. The Balaban J connectivity index is 1.91. The van der Waals surface area contributed by atoms with E-state index in [9.17, 15) is 4.79 Å². The number of carbonyl (C=O) groups is 1. The van der Waals surface area contributed by atoms with Crippen molar-refractivity contribution in [3.8, 4) is 0 Å². The molecule has 2 saturated heterocycles. The van der Waals surface area contributed by atoms with Crippen LogP contribution in [-0.2, 0) is 4.79 Å². The lowest BCUT2D eigenvalue weighted by Gasteiger charge is -2.37. The van der Waals surface area contributed by atoms with Crippen LogP contribution in [0.4, 0.5) is 11.8 Å². The van der Waals surface area contributed by atoms with Crippen LogP contribution in [0, 0.1) is 5.92 Å². The van der Waals surface area contributed by atoms with Crippen LogP contribution in [0.5, 0.6) is 0 Å². The molecule has 1 aromatic heterocycles. The van der Waals surface area contributed by atoms with Crippen LogP contribution >= 0.6 is 15.9 Å². The van der Waals surface area contributed by atoms with Gasteiger partial charge in [-0.05, 0) is 35.7 Å². The molecule has 0 bridgehead atoms. The zero-order valence-electron chi connectivity index (χ0n) is 11.4. The van der Waals surface area contributed by atoms with E-state index in [-0.39, 0.29) is 17.9 Å². The van der Waals surface area contributed by atoms with Gasteiger partial charge in [0.1, 0.15) is 5.82 Å². The molecule has 20 heavy (non-hydrogen) atoms. The number of fused-ring (bicyclic) bond motifs is 1. The van der Waals surface area contributed by atoms with E-state index in [0.717, 1.165) is 36.2 Å². The molecule has 2 fully saturated rings. The lowest BCUT2D eigenvalue weighted by Crippen LogP contribution is -2.46. The van der Waals surface area contributed by atoms with E-state index >= 15 is 0 Å². The third-order valence-corrected chi connectivity index (χ3v) is 4.49. The fourth-order valence-electron chi connectivity index (χ4n) is 3.02. The SMILES string of the molecule is CCNc1ncc(Br)c(N2CCCC3C(=O)NCC32)n1. The molecule has 2 unspecified atom stereocenters. The van der Waals surface area contributed by atoms with Crippen LogP contribution in [0.15, 0.2) is 10.7 Å². The number of anilines is 2. The van der Waals surface area contributed by atoms with E-state index in [1.54, 1.807) is 6.20 Å². The van der Waals surface area contributed by atoms with Crippen molar-refractivity contribution in [3.05, 3.63) is 10.7 Å². The molecule has 0 radical (unpaired) electrons. The van der Waals surface area contributed by atoms with Gasteiger partial charge in [-0.15, -0.1) is 0 Å². The lowest BCUT2D eigenvalue weighted by molar-refractivity contribution is -0.122. The largest absolute Gasteiger partial charge is 0.354 e. The number of hydrogen-bond donors (Lipinski definition) is 2. The summed E-state index contributed by atoms with van der Waals surface area (Å²) in [4.78, 5) is 22.9. The van der Waals surface area contributed by atoms with Gasteiger partial charge < -0.3 is 15.5 Å². The minimum Gasteiger partial charge on any atom is -0.354 e. The first-order valence-corrected chi connectivity index (χ1v) is 7.80. The molecule has 0 aromatic carbocycles. The minimum absolute atomic E-state index is 0.0909. The summed E-state index contributed by atoms with van der Waals surface area (Å²) in [6, 6.07) is 0.205. The highest BCUT2D eigenvalue weighted by Crippen LogP contribution is 2.34. The second-order valence-electron chi connectivity index (χ2n) is 5.15. The molecule has 0 saturated carbocycles. The average Bonchev–Trinajstić information content (AvgIpc) is 2.83. The van der Waals surface area contributed by atoms with Gasteiger partial charge in [0.05, 0.1) is 16.4 Å². The second kappa shape index (κ2) is 5.55. The van der Waals surface area contributed by atoms with Crippen LogP contribution in [0.3, 0.4) is 0 Å². The Kier molecular flexibility index (Phi) is 3.78. The van der Waals surface area contributed by atoms with Gasteiger partial charge in [0, 0.05) is 25.8 Å². The first-order chi connectivity index (χ1) is 9.70. The van der Waals surface area contributed by atoms with Gasteiger partial charge in [-0.1, -0.05) is 0 Å². The Morgan fingerprint density at radius 3 is 3.25 bits per heavy atom. The first-order valence-electron chi connectivity index (χ1n) is 7.01. The number of aromatic nitrogens is 2. The highest BCUT2D eigenvalue weighted by molar-refractivity contribution is 9.10. The summed E-state index contributed by atoms with van der Waals surface area (Å²) in [5.41, 5.74) is 0. The lowest BCUT2D eigenvalue weighted by atomic mass is 9.91. The molecular weight excluding hydrogens is 322 g/mol. The maximum atomic E-state index is 11.8. The third kappa shape index (κ3) is 2.34. The molecule has 1 aromatic rings. The molecule has 3 rings (SSSR count).